The van der Waals surface area contributed by atoms with Crippen molar-refractivity contribution in [2.24, 2.45) is 0 Å². The summed E-state index contributed by atoms with van der Waals surface area (Å²) in [5, 5.41) is 11.2. The average Bonchev–Trinajstić information content (AvgIpc) is 2.49. The molecule has 0 fully saturated rings. The minimum Gasteiger partial charge on any atom is -0.337 e. The van der Waals surface area contributed by atoms with E-state index in [-0.39, 0.29) is 17.8 Å². The van der Waals surface area contributed by atoms with Gasteiger partial charge in [0.25, 0.3) is 17.2 Å². The lowest BCUT2D eigenvalue weighted by Crippen LogP contribution is -2.31. The van der Waals surface area contributed by atoms with Gasteiger partial charge in [-0.3, -0.25) is 19.7 Å². The number of amides is 1. The van der Waals surface area contributed by atoms with Crippen molar-refractivity contribution in [1.82, 2.24) is 9.88 Å². The molecule has 0 aliphatic rings. The molecule has 0 aliphatic heterocycles. The van der Waals surface area contributed by atoms with Crippen LogP contribution >= 0.6 is 11.6 Å². The summed E-state index contributed by atoms with van der Waals surface area (Å²) in [5.41, 5.74) is -0.610. The summed E-state index contributed by atoms with van der Waals surface area (Å²) in [7, 11) is 1.49. The lowest BCUT2D eigenvalue weighted by Gasteiger charge is -2.17. The Morgan fingerprint density at radius 2 is 2.09 bits per heavy atom. The number of nitro groups is 1. The summed E-state index contributed by atoms with van der Waals surface area (Å²) >= 11 is 6.02. The zero-order valence-electron chi connectivity index (χ0n) is 11.6. The van der Waals surface area contributed by atoms with Crippen LogP contribution < -0.4 is 5.56 Å². The fraction of sp³-hybridized carbons (Fsp3) is 0.143. The first-order chi connectivity index (χ1) is 10.4. The van der Waals surface area contributed by atoms with E-state index in [2.05, 4.69) is 4.98 Å². The molecule has 0 saturated heterocycles. The number of aromatic nitrogens is 1. The molecule has 0 unspecified atom stereocenters. The number of H-pyrrole nitrogens is 1. The van der Waals surface area contributed by atoms with Gasteiger partial charge in [0.15, 0.2) is 0 Å². The summed E-state index contributed by atoms with van der Waals surface area (Å²) in [6.45, 7) is 0.181. The number of hydrogen-bond acceptors (Lipinski definition) is 4. The molecule has 1 N–H and O–H groups in total. The molecule has 0 bridgehead atoms. The van der Waals surface area contributed by atoms with Crippen LogP contribution in [0.2, 0.25) is 5.02 Å². The molecule has 8 heteroatoms. The van der Waals surface area contributed by atoms with Gasteiger partial charge in [-0.1, -0.05) is 29.8 Å². The number of benzene rings is 1. The number of hydrogen-bond donors (Lipinski definition) is 1. The third-order valence-electron chi connectivity index (χ3n) is 3.04. The van der Waals surface area contributed by atoms with E-state index in [1.54, 1.807) is 24.3 Å². The molecule has 2 aromatic rings. The molecule has 1 aromatic carbocycles. The van der Waals surface area contributed by atoms with Crippen LogP contribution in [0.25, 0.3) is 0 Å². The highest BCUT2D eigenvalue weighted by atomic mass is 35.5. The second kappa shape index (κ2) is 6.40. The molecule has 114 valence electrons. The van der Waals surface area contributed by atoms with Gasteiger partial charge in [0.1, 0.15) is 5.56 Å². The van der Waals surface area contributed by atoms with Crippen molar-refractivity contribution in [2.45, 2.75) is 6.54 Å². The van der Waals surface area contributed by atoms with E-state index in [1.165, 1.54) is 11.9 Å². The second-order valence-electron chi connectivity index (χ2n) is 4.61. The van der Waals surface area contributed by atoms with Crippen molar-refractivity contribution in [3.05, 3.63) is 73.1 Å². The molecule has 7 nitrogen and oxygen atoms in total. The minimum atomic E-state index is -0.680. The first-order valence-electron chi connectivity index (χ1n) is 6.26. The van der Waals surface area contributed by atoms with E-state index in [4.69, 9.17) is 11.6 Å². The van der Waals surface area contributed by atoms with Crippen molar-refractivity contribution in [2.75, 3.05) is 7.05 Å². The predicted octanol–water partition coefficient (Wildman–Crippen LogP) is 2.21. The molecular formula is C14H12ClN3O4. The average molecular weight is 322 g/mol. The molecule has 22 heavy (non-hydrogen) atoms. The van der Waals surface area contributed by atoms with Crippen LogP contribution in [-0.2, 0) is 6.54 Å². The Kier molecular flexibility index (Phi) is 4.57. The summed E-state index contributed by atoms with van der Waals surface area (Å²) in [6.07, 6.45) is 0.952. The summed E-state index contributed by atoms with van der Waals surface area (Å²) in [4.78, 5) is 37.5. The molecule has 0 saturated carbocycles. The monoisotopic (exact) mass is 321 g/mol. The van der Waals surface area contributed by atoms with Crippen molar-refractivity contribution in [3.8, 4) is 0 Å². The molecule has 0 spiro atoms. The van der Waals surface area contributed by atoms with E-state index in [0.717, 1.165) is 12.3 Å². The Hall–Kier alpha value is -2.67. The smallest absolute Gasteiger partial charge is 0.286 e. The first kappa shape index (κ1) is 15.7. The largest absolute Gasteiger partial charge is 0.337 e. The fourth-order valence-corrected chi connectivity index (χ4v) is 2.09. The molecule has 0 atom stereocenters. The normalized spacial score (nSPS) is 10.3. The fourth-order valence-electron chi connectivity index (χ4n) is 1.90. The summed E-state index contributed by atoms with van der Waals surface area (Å²) in [6, 6.07) is 7.95. The van der Waals surface area contributed by atoms with Crippen LogP contribution in [0.4, 0.5) is 5.69 Å². The minimum absolute atomic E-state index is 0.181. The lowest BCUT2D eigenvalue weighted by atomic mass is 10.2. The number of nitrogens with one attached hydrogen (secondary N) is 1. The van der Waals surface area contributed by atoms with Gasteiger partial charge in [-0.05, 0) is 11.6 Å². The third-order valence-corrected chi connectivity index (χ3v) is 3.41. The van der Waals surface area contributed by atoms with Gasteiger partial charge >= 0.3 is 0 Å². The van der Waals surface area contributed by atoms with Crippen molar-refractivity contribution in [3.63, 3.8) is 0 Å². The number of pyridine rings is 1. The van der Waals surface area contributed by atoms with Gasteiger partial charge in [0.2, 0.25) is 0 Å². The standard InChI is InChI=1S/C14H12ClN3O4/c1-17(8-9-4-2-3-5-12(9)15)14(20)11-6-10(18(21)22)7-16-13(11)19/h2-7H,8H2,1H3,(H,16,19). The summed E-state index contributed by atoms with van der Waals surface area (Å²) in [5.74, 6) is -0.620. The zero-order chi connectivity index (χ0) is 16.3. The molecule has 1 amide bonds. The molecule has 2 rings (SSSR count). The zero-order valence-corrected chi connectivity index (χ0v) is 12.3. The Bertz CT molecular complexity index is 788. The van der Waals surface area contributed by atoms with Crippen LogP contribution in [0.5, 0.6) is 0 Å². The van der Waals surface area contributed by atoms with E-state index in [0.29, 0.717) is 10.6 Å². The predicted molar refractivity (Wildman–Crippen MR) is 81.0 cm³/mol. The van der Waals surface area contributed by atoms with Crippen LogP contribution in [0.3, 0.4) is 0 Å². The van der Waals surface area contributed by atoms with Gasteiger partial charge in [-0.15, -0.1) is 0 Å². The van der Waals surface area contributed by atoms with Crippen molar-refractivity contribution < 1.29 is 9.72 Å². The van der Waals surface area contributed by atoms with Crippen molar-refractivity contribution >= 4 is 23.2 Å². The quantitative estimate of drug-likeness (QED) is 0.689. The highest BCUT2D eigenvalue weighted by molar-refractivity contribution is 6.31. The Morgan fingerprint density at radius 1 is 1.41 bits per heavy atom. The van der Waals surface area contributed by atoms with Gasteiger partial charge in [0, 0.05) is 24.7 Å². The highest BCUT2D eigenvalue weighted by Gasteiger charge is 2.20. The molecule has 0 aliphatic carbocycles. The van der Waals surface area contributed by atoms with E-state index in [1.807, 2.05) is 0 Å². The highest BCUT2D eigenvalue weighted by Crippen LogP contribution is 2.17. The second-order valence-corrected chi connectivity index (χ2v) is 5.02. The third kappa shape index (κ3) is 3.32. The molecule has 0 radical (unpaired) electrons. The van der Waals surface area contributed by atoms with Crippen LogP contribution in [-0.4, -0.2) is 27.8 Å². The molecule has 1 aromatic heterocycles. The molecular weight excluding hydrogens is 310 g/mol. The SMILES string of the molecule is CN(Cc1ccccc1Cl)C(=O)c1cc([N+](=O)[O-])c[nH]c1=O. The van der Waals surface area contributed by atoms with Gasteiger partial charge in [-0.2, -0.15) is 0 Å². The van der Waals surface area contributed by atoms with Gasteiger partial charge < -0.3 is 9.88 Å². The van der Waals surface area contributed by atoms with E-state index < -0.39 is 16.4 Å². The lowest BCUT2D eigenvalue weighted by molar-refractivity contribution is -0.385. The Morgan fingerprint density at radius 3 is 2.73 bits per heavy atom. The maximum absolute atomic E-state index is 12.3. The van der Waals surface area contributed by atoms with Crippen LogP contribution in [0.15, 0.2) is 41.3 Å². The number of halogens is 1. The Labute approximate surface area is 130 Å². The van der Waals surface area contributed by atoms with Crippen LogP contribution in [0.1, 0.15) is 15.9 Å². The van der Waals surface area contributed by atoms with Crippen LogP contribution in [0, 0.1) is 10.1 Å². The van der Waals surface area contributed by atoms with E-state index >= 15 is 0 Å². The summed E-state index contributed by atoms with van der Waals surface area (Å²) < 4.78 is 0. The van der Waals surface area contributed by atoms with Gasteiger partial charge in [0.05, 0.1) is 11.1 Å². The molecule has 1 heterocycles. The van der Waals surface area contributed by atoms with E-state index in [9.17, 15) is 19.7 Å². The number of nitrogens with zero attached hydrogens (tertiary/aromatic N) is 2. The Balaban J connectivity index is 2.28. The number of rotatable bonds is 4. The van der Waals surface area contributed by atoms with Gasteiger partial charge in [-0.25, -0.2) is 0 Å². The van der Waals surface area contributed by atoms with Crippen molar-refractivity contribution in [1.29, 1.82) is 0 Å². The number of carbonyl (C=O) groups excluding carboxylic acids is 1. The first-order valence-corrected chi connectivity index (χ1v) is 6.64. The topological polar surface area (TPSA) is 96.3 Å². The number of aromatic amines is 1. The maximum Gasteiger partial charge on any atom is 0.286 e. The number of carbonyl (C=O) groups is 1. The maximum atomic E-state index is 12.3.